The summed E-state index contributed by atoms with van der Waals surface area (Å²) in [7, 11) is 0. The molecule has 0 nitrogen and oxygen atoms in total. The molecule has 18 heavy (non-hydrogen) atoms. The molecule has 1 aliphatic carbocycles. The van der Waals surface area contributed by atoms with Gasteiger partial charge in [-0.3, -0.25) is 0 Å². The average molecular weight is 268 g/mol. The Balaban J connectivity index is 2.79. The van der Waals surface area contributed by atoms with Gasteiger partial charge in [0.25, 0.3) is 0 Å². The number of alkyl halides is 3. The van der Waals surface area contributed by atoms with Gasteiger partial charge in [0, 0.05) is 11.1 Å². The van der Waals surface area contributed by atoms with Gasteiger partial charge >= 0.3 is 6.18 Å². The summed E-state index contributed by atoms with van der Waals surface area (Å²) in [5.74, 6) is -5.61. The number of rotatable bonds is 2. The average Bonchev–Trinajstić information content (AvgIpc) is 3.05. The van der Waals surface area contributed by atoms with Crippen LogP contribution >= 0.6 is 0 Å². The Kier molecular flexibility index (Phi) is 3.07. The third-order valence-electron chi connectivity index (χ3n) is 3.07. The van der Waals surface area contributed by atoms with E-state index in [1.807, 2.05) is 0 Å². The van der Waals surface area contributed by atoms with Crippen molar-refractivity contribution in [1.29, 1.82) is 0 Å². The molecule has 0 aromatic heterocycles. The van der Waals surface area contributed by atoms with Crippen LogP contribution in [0.25, 0.3) is 0 Å². The first-order valence-electron chi connectivity index (χ1n) is 5.55. The molecular weight excluding hydrogens is 258 g/mol. The molecule has 1 fully saturated rings. The van der Waals surface area contributed by atoms with E-state index in [-0.39, 0.29) is 6.42 Å². The van der Waals surface area contributed by atoms with Gasteiger partial charge in [-0.1, -0.05) is 6.92 Å². The van der Waals surface area contributed by atoms with Crippen molar-refractivity contribution in [2.75, 3.05) is 0 Å². The zero-order valence-electron chi connectivity index (χ0n) is 9.47. The molecule has 0 heterocycles. The maximum Gasteiger partial charge on any atom is 0.419 e. The van der Waals surface area contributed by atoms with Crippen LogP contribution in [0.4, 0.5) is 26.3 Å². The van der Waals surface area contributed by atoms with Crippen LogP contribution in [0.15, 0.2) is 0 Å². The molecule has 0 atom stereocenters. The highest BCUT2D eigenvalue weighted by atomic mass is 19.4. The summed E-state index contributed by atoms with van der Waals surface area (Å²) in [4.78, 5) is 0. The van der Waals surface area contributed by atoms with E-state index >= 15 is 0 Å². The van der Waals surface area contributed by atoms with Gasteiger partial charge in [0.15, 0.2) is 11.6 Å². The van der Waals surface area contributed by atoms with Gasteiger partial charge in [0.05, 0.1) is 0 Å². The van der Waals surface area contributed by atoms with Crippen molar-refractivity contribution in [2.45, 2.75) is 38.3 Å². The minimum Gasteiger partial charge on any atom is -0.206 e. The third-order valence-corrected chi connectivity index (χ3v) is 3.07. The van der Waals surface area contributed by atoms with Crippen LogP contribution < -0.4 is 0 Å². The van der Waals surface area contributed by atoms with Crippen LogP contribution in [-0.2, 0) is 12.6 Å². The summed E-state index contributed by atoms with van der Waals surface area (Å²) in [5.41, 5.74) is -3.10. The molecule has 1 aromatic carbocycles. The topological polar surface area (TPSA) is 0 Å². The molecule has 100 valence electrons. The Labute approximate surface area is 99.6 Å². The molecule has 2 rings (SSSR count). The molecule has 0 aliphatic heterocycles. The quantitative estimate of drug-likeness (QED) is 0.544. The van der Waals surface area contributed by atoms with E-state index < -0.39 is 46.2 Å². The summed E-state index contributed by atoms with van der Waals surface area (Å²) < 4.78 is 79.0. The summed E-state index contributed by atoms with van der Waals surface area (Å²) in [6, 6.07) is 0. The molecule has 1 aromatic rings. The second-order valence-electron chi connectivity index (χ2n) is 4.33. The highest BCUT2D eigenvalue weighted by molar-refractivity contribution is 5.42. The molecule has 0 spiro atoms. The van der Waals surface area contributed by atoms with Crippen LogP contribution in [-0.4, -0.2) is 0 Å². The van der Waals surface area contributed by atoms with E-state index in [1.54, 1.807) is 0 Å². The zero-order chi connectivity index (χ0) is 13.7. The van der Waals surface area contributed by atoms with Gasteiger partial charge in [0.1, 0.15) is 11.4 Å². The van der Waals surface area contributed by atoms with Crippen LogP contribution in [0.1, 0.15) is 42.4 Å². The highest BCUT2D eigenvalue weighted by Crippen LogP contribution is 2.49. The number of hydrogen-bond acceptors (Lipinski definition) is 0. The van der Waals surface area contributed by atoms with Gasteiger partial charge in [-0.2, -0.15) is 13.2 Å². The molecular formula is C12H10F6. The summed E-state index contributed by atoms with van der Waals surface area (Å²) in [6.07, 6.45) is -4.54. The SMILES string of the molecule is CCc1c(F)c(F)c(C(F)(F)F)c(C2CC2)c1F. The van der Waals surface area contributed by atoms with Crippen molar-refractivity contribution in [2.24, 2.45) is 0 Å². The van der Waals surface area contributed by atoms with E-state index in [0.29, 0.717) is 12.8 Å². The Bertz CT molecular complexity index is 485. The van der Waals surface area contributed by atoms with Crippen molar-refractivity contribution in [3.8, 4) is 0 Å². The van der Waals surface area contributed by atoms with Crippen LogP contribution in [0.5, 0.6) is 0 Å². The Hall–Kier alpha value is -1.20. The predicted octanol–water partition coefficient (Wildman–Crippen LogP) is 4.56. The normalized spacial score (nSPS) is 16.2. The Morgan fingerprint density at radius 2 is 1.56 bits per heavy atom. The lowest BCUT2D eigenvalue weighted by molar-refractivity contribution is -0.141. The third kappa shape index (κ3) is 1.97. The standard InChI is InChI=1S/C12H10F6/c1-2-6-9(13)7(5-3-4-5)8(12(16,17)18)11(15)10(6)14/h5H,2-4H2,1H3. The summed E-state index contributed by atoms with van der Waals surface area (Å²) >= 11 is 0. The first-order chi connectivity index (χ1) is 8.29. The number of benzene rings is 1. The lowest BCUT2D eigenvalue weighted by Crippen LogP contribution is -2.17. The molecule has 0 bridgehead atoms. The first kappa shape index (κ1) is 13.2. The number of halogens is 6. The summed E-state index contributed by atoms with van der Waals surface area (Å²) in [5, 5.41) is 0. The fraction of sp³-hybridized carbons (Fsp3) is 0.500. The minimum absolute atomic E-state index is 0.188. The summed E-state index contributed by atoms with van der Waals surface area (Å²) in [6.45, 7) is 1.37. The van der Waals surface area contributed by atoms with Crippen molar-refractivity contribution >= 4 is 0 Å². The predicted molar refractivity (Wildman–Crippen MR) is 52.7 cm³/mol. The maximum absolute atomic E-state index is 13.9. The van der Waals surface area contributed by atoms with Crippen LogP contribution in [0.3, 0.4) is 0 Å². The monoisotopic (exact) mass is 268 g/mol. The maximum atomic E-state index is 13.9. The molecule has 0 radical (unpaired) electrons. The highest BCUT2D eigenvalue weighted by Gasteiger charge is 2.45. The second-order valence-corrected chi connectivity index (χ2v) is 4.33. The van der Waals surface area contributed by atoms with Gasteiger partial charge in [-0.15, -0.1) is 0 Å². The van der Waals surface area contributed by atoms with Crippen LogP contribution in [0, 0.1) is 17.5 Å². The van der Waals surface area contributed by atoms with Gasteiger partial charge in [-0.25, -0.2) is 13.2 Å². The minimum atomic E-state index is -5.09. The van der Waals surface area contributed by atoms with Crippen molar-refractivity contribution in [1.82, 2.24) is 0 Å². The van der Waals surface area contributed by atoms with Gasteiger partial charge < -0.3 is 0 Å². The molecule has 1 saturated carbocycles. The lowest BCUT2D eigenvalue weighted by Gasteiger charge is -2.17. The van der Waals surface area contributed by atoms with Gasteiger partial charge in [-0.05, 0) is 25.2 Å². The number of hydrogen-bond donors (Lipinski definition) is 0. The van der Waals surface area contributed by atoms with Crippen molar-refractivity contribution in [3.63, 3.8) is 0 Å². The second kappa shape index (κ2) is 4.17. The van der Waals surface area contributed by atoms with E-state index in [0.717, 1.165) is 0 Å². The van der Waals surface area contributed by atoms with Crippen molar-refractivity contribution < 1.29 is 26.3 Å². The van der Waals surface area contributed by atoms with Crippen LogP contribution in [0.2, 0.25) is 0 Å². The van der Waals surface area contributed by atoms with E-state index in [9.17, 15) is 26.3 Å². The smallest absolute Gasteiger partial charge is 0.206 e. The van der Waals surface area contributed by atoms with E-state index in [1.165, 1.54) is 6.92 Å². The molecule has 6 heteroatoms. The first-order valence-corrected chi connectivity index (χ1v) is 5.55. The Morgan fingerprint density at radius 3 is 1.94 bits per heavy atom. The molecule has 0 saturated heterocycles. The van der Waals surface area contributed by atoms with E-state index in [2.05, 4.69) is 0 Å². The zero-order valence-corrected chi connectivity index (χ0v) is 9.47. The molecule has 1 aliphatic rings. The fourth-order valence-electron chi connectivity index (χ4n) is 2.07. The van der Waals surface area contributed by atoms with Gasteiger partial charge in [0.2, 0.25) is 0 Å². The molecule has 0 N–H and O–H groups in total. The Morgan fingerprint density at radius 1 is 1.00 bits per heavy atom. The lowest BCUT2D eigenvalue weighted by atomic mass is 9.96. The van der Waals surface area contributed by atoms with Crippen molar-refractivity contribution in [3.05, 3.63) is 34.1 Å². The molecule has 0 amide bonds. The fourth-order valence-corrected chi connectivity index (χ4v) is 2.07. The van der Waals surface area contributed by atoms with E-state index in [4.69, 9.17) is 0 Å². The molecule has 0 unspecified atom stereocenters. The largest absolute Gasteiger partial charge is 0.419 e.